The molecule has 1 heterocycles. The van der Waals surface area contributed by atoms with E-state index in [-0.39, 0.29) is 6.10 Å². The van der Waals surface area contributed by atoms with Gasteiger partial charge in [0.25, 0.3) is 0 Å². The van der Waals surface area contributed by atoms with Crippen LogP contribution in [-0.4, -0.2) is 32.7 Å². The summed E-state index contributed by atoms with van der Waals surface area (Å²) in [6.45, 7) is 1.32. The Bertz CT molecular complexity index is 325. The van der Waals surface area contributed by atoms with Crippen LogP contribution in [0.5, 0.6) is 0 Å². The molecule has 0 amide bonds. The molecular weight excluding hydrogens is 249 g/mol. The second-order valence-corrected chi connectivity index (χ2v) is 5.16. The van der Waals surface area contributed by atoms with Gasteiger partial charge in [0, 0.05) is 0 Å². The Labute approximate surface area is 91.8 Å². The van der Waals surface area contributed by atoms with Crippen molar-refractivity contribution in [2.75, 3.05) is 6.61 Å². The number of hydrogen-bond donors (Lipinski definition) is 0. The lowest BCUT2D eigenvalue weighted by molar-refractivity contribution is -0.0584. The van der Waals surface area contributed by atoms with E-state index in [1.54, 1.807) is 0 Å². The van der Waals surface area contributed by atoms with Crippen molar-refractivity contribution in [1.29, 1.82) is 0 Å². The molecule has 96 valence electrons. The van der Waals surface area contributed by atoms with E-state index in [0.29, 0.717) is 6.42 Å². The summed E-state index contributed by atoms with van der Waals surface area (Å²) in [5.74, 6) is 0. The van der Waals surface area contributed by atoms with E-state index in [1.165, 1.54) is 0 Å². The smallest absolute Gasteiger partial charge is 0.373 e. The Morgan fingerprint density at radius 3 is 2.31 bits per heavy atom. The van der Waals surface area contributed by atoms with Gasteiger partial charge in [-0.25, -0.2) is 0 Å². The molecule has 0 radical (unpaired) electrons. The van der Waals surface area contributed by atoms with E-state index >= 15 is 0 Å². The lowest BCUT2D eigenvalue weighted by Gasteiger charge is -2.13. The molecule has 1 saturated heterocycles. The monoisotopic (exact) mass is 262 g/mol. The van der Waals surface area contributed by atoms with Gasteiger partial charge in [-0.2, -0.15) is 21.6 Å². The molecule has 0 aromatic heterocycles. The first-order chi connectivity index (χ1) is 7.26. The third-order valence-corrected chi connectivity index (χ3v) is 3.36. The van der Waals surface area contributed by atoms with Crippen LogP contribution in [0.25, 0.3) is 0 Å². The standard InChI is InChI=1S/C8H13F3O4S/c1-2-6-3-4-7(15-6)5-14-16(12,13)8(9,10)11/h6-7H,2-5H2,1H3/t6-,7+/m1/s1. The quantitative estimate of drug-likeness (QED) is 0.572. The van der Waals surface area contributed by atoms with E-state index in [4.69, 9.17) is 4.74 Å². The average molecular weight is 262 g/mol. The molecule has 8 heteroatoms. The maximum absolute atomic E-state index is 11.9. The lowest BCUT2D eigenvalue weighted by Crippen LogP contribution is -2.29. The van der Waals surface area contributed by atoms with Crippen LogP contribution in [0.1, 0.15) is 26.2 Å². The van der Waals surface area contributed by atoms with E-state index in [1.807, 2.05) is 6.92 Å². The van der Waals surface area contributed by atoms with Gasteiger partial charge in [-0.15, -0.1) is 0 Å². The molecule has 0 saturated carbocycles. The highest BCUT2D eigenvalue weighted by Gasteiger charge is 2.47. The number of hydrogen-bond acceptors (Lipinski definition) is 4. The fraction of sp³-hybridized carbons (Fsp3) is 1.00. The summed E-state index contributed by atoms with van der Waals surface area (Å²) < 4.78 is 66.0. The summed E-state index contributed by atoms with van der Waals surface area (Å²) in [6.07, 6.45) is 1.41. The van der Waals surface area contributed by atoms with Crippen molar-refractivity contribution in [3.05, 3.63) is 0 Å². The number of alkyl halides is 3. The van der Waals surface area contributed by atoms with Crippen molar-refractivity contribution in [1.82, 2.24) is 0 Å². The Hall–Kier alpha value is -0.340. The summed E-state index contributed by atoms with van der Waals surface area (Å²) >= 11 is 0. The third kappa shape index (κ3) is 3.33. The molecule has 0 spiro atoms. The van der Waals surface area contributed by atoms with Gasteiger partial charge in [0.15, 0.2) is 0 Å². The van der Waals surface area contributed by atoms with Gasteiger partial charge in [-0.3, -0.25) is 4.18 Å². The van der Waals surface area contributed by atoms with Crippen molar-refractivity contribution >= 4 is 10.1 Å². The topological polar surface area (TPSA) is 52.6 Å². The molecule has 1 aliphatic heterocycles. The molecule has 16 heavy (non-hydrogen) atoms. The summed E-state index contributed by atoms with van der Waals surface area (Å²) in [5.41, 5.74) is -5.37. The predicted molar refractivity (Wildman–Crippen MR) is 49.1 cm³/mol. The maximum atomic E-state index is 11.9. The first-order valence-electron chi connectivity index (χ1n) is 4.87. The normalized spacial score (nSPS) is 27.2. The van der Waals surface area contributed by atoms with Gasteiger partial charge in [0.05, 0.1) is 18.8 Å². The van der Waals surface area contributed by atoms with E-state index in [2.05, 4.69) is 4.18 Å². The molecule has 2 atom stereocenters. The minimum Gasteiger partial charge on any atom is -0.373 e. The van der Waals surface area contributed by atoms with Crippen LogP contribution < -0.4 is 0 Å². The largest absolute Gasteiger partial charge is 0.523 e. The Morgan fingerprint density at radius 1 is 1.31 bits per heavy atom. The van der Waals surface area contributed by atoms with E-state index in [0.717, 1.165) is 12.8 Å². The second-order valence-electron chi connectivity index (χ2n) is 3.55. The van der Waals surface area contributed by atoms with Crippen molar-refractivity contribution in [2.45, 2.75) is 43.9 Å². The van der Waals surface area contributed by atoms with Crippen LogP contribution in [-0.2, 0) is 19.0 Å². The number of halogens is 3. The number of rotatable bonds is 4. The summed E-state index contributed by atoms with van der Waals surface area (Å²) in [6, 6.07) is 0. The van der Waals surface area contributed by atoms with Crippen LogP contribution >= 0.6 is 0 Å². The van der Waals surface area contributed by atoms with Crippen molar-refractivity contribution in [3.8, 4) is 0 Å². The zero-order valence-corrected chi connectivity index (χ0v) is 9.47. The molecule has 0 unspecified atom stereocenters. The highest BCUT2D eigenvalue weighted by atomic mass is 32.2. The first-order valence-corrected chi connectivity index (χ1v) is 6.28. The summed E-state index contributed by atoms with van der Waals surface area (Å²) in [4.78, 5) is 0. The highest BCUT2D eigenvalue weighted by Crippen LogP contribution is 2.27. The third-order valence-electron chi connectivity index (χ3n) is 2.34. The maximum Gasteiger partial charge on any atom is 0.523 e. The molecule has 1 fully saturated rings. The van der Waals surface area contributed by atoms with Gasteiger partial charge in [-0.1, -0.05) is 6.92 Å². The van der Waals surface area contributed by atoms with Crippen molar-refractivity contribution in [3.63, 3.8) is 0 Å². The van der Waals surface area contributed by atoms with E-state index in [9.17, 15) is 21.6 Å². The highest BCUT2D eigenvalue weighted by molar-refractivity contribution is 7.87. The lowest BCUT2D eigenvalue weighted by atomic mass is 10.2. The molecular formula is C8H13F3O4S. The van der Waals surface area contributed by atoms with Crippen molar-refractivity contribution < 1.29 is 30.5 Å². The Kier molecular flexibility index (Phi) is 4.19. The van der Waals surface area contributed by atoms with Gasteiger partial charge >= 0.3 is 15.6 Å². The molecule has 0 aromatic rings. The SMILES string of the molecule is CC[C@@H]1CC[C@@H](COS(=O)(=O)C(F)(F)F)O1. The van der Waals surface area contributed by atoms with Crippen LogP contribution in [0.3, 0.4) is 0 Å². The van der Waals surface area contributed by atoms with Crippen LogP contribution in [0.4, 0.5) is 13.2 Å². The molecule has 0 bridgehead atoms. The van der Waals surface area contributed by atoms with Gasteiger partial charge < -0.3 is 4.74 Å². The van der Waals surface area contributed by atoms with Crippen LogP contribution in [0.15, 0.2) is 0 Å². The predicted octanol–water partition coefficient (Wildman–Crippen LogP) is 1.81. The molecule has 0 aliphatic carbocycles. The molecule has 4 nitrogen and oxygen atoms in total. The first kappa shape index (κ1) is 13.7. The molecule has 1 aliphatic rings. The van der Waals surface area contributed by atoms with Crippen LogP contribution in [0, 0.1) is 0 Å². The van der Waals surface area contributed by atoms with Gasteiger partial charge in [0.2, 0.25) is 0 Å². The molecule has 0 aromatic carbocycles. The zero-order valence-electron chi connectivity index (χ0n) is 8.66. The summed E-state index contributed by atoms with van der Waals surface area (Å²) in [7, 11) is -5.49. The minimum absolute atomic E-state index is 0.0119. The van der Waals surface area contributed by atoms with Gasteiger partial charge in [-0.05, 0) is 19.3 Å². The zero-order chi connectivity index (χ0) is 12.4. The minimum atomic E-state index is -5.49. The number of ether oxygens (including phenoxy) is 1. The average Bonchev–Trinajstić information content (AvgIpc) is 2.60. The van der Waals surface area contributed by atoms with E-state index < -0.39 is 28.3 Å². The fourth-order valence-electron chi connectivity index (χ4n) is 1.44. The fourth-order valence-corrected chi connectivity index (χ4v) is 1.90. The summed E-state index contributed by atoms with van der Waals surface area (Å²) in [5, 5.41) is 0. The van der Waals surface area contributed by atoms with Gasteiger partial charge in [0.1, 0.15) is 0 Å². The Morgan fingerprint density at radius 2 is 1.88 bits per heavy atom. The molecule has 1 rings (SSSR count). The van der Waals surface area contributed by atoms with Crippen LogP contribution in [0.2, 0.25) is 0 Å². The van der Waals surface area contributed by atoms with Crippen molar-refractivity contribution in [2.24, 2.45) is 0 Å². The Balaban J connectivity index is 2.42. The second kappa shape index (κ2) is 4.89. The molecule has 0 N–H and O–H groups in total.